The Morgan fingerprint density at radius 1 is 0.829 bits per heavy atom. The zero-order valence-corrected chi connectivity index (χ0v) is 23.3. The summed E-state index contributed by atoms with van der Waals surface area (Å²) < 4.78 is 37.4. The van der Waals surface area contributed by atoms with Crippen molar-refractivity contribution in [3.8, 4) is 6.07 Å². The Bertz CT molecular complexity index is 1080. The van der Waals surface area contributed by atoms with Crippen molar-refractivity contribution >= 4 is 46.4 Å². The van der Waals surface area contributed by atoms with Gasteiger partial charge in [0.25, 0.3) is 0 Å². The zero-order valence-electron chi connectivity index (χ0n) is 18.7. The van der Waals surface area contributed by atoms with Crippen LogP contribution in [0.1, 0.15) is 30.5 Å². The van der Waals surface area contributed by atoms with Crippen molar-refractivity contribution in [2.24, 2.45) is 11.5 Å². The third-order valence-corrected chi connectivity index (χ3v) is 4.33. The summed E-state index contributed by atoms with van der Waals surface area (Å²) in [7, 11) is 0. The monoisotopic (exact) mass is 661 g/mol. The number of pyridine rings is 3. The second-order valence-corrected chi connectivity index (χ2v) is 6.77. The normalized spacial score (nSPS) is 8.74. The Balaban J connectivity index is -0.000000414. The predicted molar refractivity (Wildman–Crippen MR) is 131 cm³/mol. The molecule has 0 atom stereocenters. The van der Waals surface area contributed by atoms with E-state index in [2.05, 4.69) is 15.0 Å². The molecule has 14 heteroatoms. The van der Waals surface area contributed by atoms with Crippen LogP contribution < -0.4 is 11.5 Å². The van der Waals surface area contributed by atoms with Gasteiger partial charge in [-0.1, -0.05) is 60.3 Å². The first kappa shape index (κ1) is 38.0. The maximum absolute atomic E-state index is 12.6. The van der Waals surface area contributed by atoms with Gasteiger partial charge in [-0.05, 0) is 23.8 Å². The molecule has 4 N–H and O–H groups in total. The van der Waals surface area contributed by atoms with Crippen molar-refractivity contribution in [3.63, 3.8) is 0 Å². The van der Waals surface area contributed by atoms with E-state index in [-0.39, 0.29) is 66.4 Å². The molecular weight excluding hydrogens is 641 g/mol. The van der Waals surface area contributed by atoms with E-state index in [0.29, 0.717) is 12.1 Å². The molecule has 35 heavy (non-hydrogen) atoms. The fraction of sp³-hybridized carbons (Fsp3) is 0.190. The van der Waals surface area contributed by atoms with E-state index in [1.165, 1.54) is 12.1 Å². The number of nitrogens with zero attached hydrogens (tertiary/aromatic N) is 4. The average Bonchev–Trinajstić information content (AvgIpc) is 2.81. The van der Waals surface area contributed by atoms with Crippen molar-refractivity contribution in [2.75, 3.05) is 0 Å². The molecule has 0 bridgehead atoms. The summed E-state index contributed by atoms with van der Waals surface area (Å²) in [4.78, 5) is 10.5. The van der Waals surface area contributed by atoms with Gasteiger partial charge in [0, 0.05) is 45.3 Å². The minimum Gasteiger partial charge on any atom is -0.358 e. The number of hydrogen-bond donors (Lipinski definition) is 2. The summed E-state index contributed by atoms with van der Waals surface area (Å²) in [6, 6.07) is 5.16. The van der Waals surface area contributed by atoms with Crippen LogP contribution in [-0.2, 0) is 33.5 Å². The molecule has 3 rings (SSSR count). The van der Waals surface area contributed by atoms with Gasteiger partial charge in [0.2, 0.25) is 0 Å². The van der Waals surface area contributed by atoms with E-state index < -0.39 is 11.6 Å². The van der Waals surface area contributed by atoms with Gasteiger partial charge in [-0.3, -0.25) is 4.98 Å². The fourth-order valence-electron chi connectivity index (χ4n) is 1.72. The van der Waals surface area contributed by atoms with Crippen LogP contribution in [0.4, 0.5) is 13.2 Å². The molecule has 0 aliphatic heterocycles. The van der Waals surface area contributed by atoms with Gasteiger partial charge in [-0.15, -0.1) is 0 Å². The first-order valence-electron chi connectivity index (χ1n) is 9.04. The molecule has 0 saturated heterocycles. The fourth-order valence-corrected chi connectivity index (χ4v) is 2.48. The first-order valence-corrected chi connectivity index (χ1v) is 10.6. The topological polar surface area (TPSA) is 114 Å². The summed E-state index contributed by atoms with van der Waals surface area (Å²) in [5.74, 6) is -1.68. The number of rotatable bonds is 2. The molecular formula is C21H22Cl4F3N6Pd-. The molecule has 0 amide bonds. The van der Waals surface area contributed by atoms with Crippen LogP contribution in [0, 0.1) is 36.2 Å². The third-order valence-electron chi connectivity index (χ3n) is 3.18. The van der Waals surface area contributed by atoms with Gasteiger partial charge in [0.15, 0.2) is 21.9 Å². The molecule has 0 spiro atoms. The van der Waals surface area contributed by atoms with E-state index in [9.17, 15) is 13.2 Å². The Labute approximate surface area is 236 Å². The molecule has 0 saturated carbocycles. The largest absolute Gasteiger partial charge is 0.358 e. The molecule has 0 aliphatic carbocycles. The molecule has 0 aromatic carbocycles. The number of hydrogen-bond acceptors (Lipinski definition) is 6. The van der Waals surface area contributed by atoms with Gasteiger partial charge in [-0.2, -0.15) is 5.26 Å². The predicted octanol–water partition coefficient (Wildman–Crippen LogP) is 6.54. The van der Waals surface area contributed by atoms with Crippen LogP contribution in [0.25, 0.3) is 0 Å². The van der Waals surface area contributed by atoms with Crippen LogP contribution in [0.3, 0.4) is 0 Å². The summed E-state index contributed by atoms with van der Waals surface area (Å²) >= 11 is 21.6. The SMILES string of the molecule is CC.N#Cc1cc(F)c(Cl)nc1Cl.NCc1cc(F)c(Cl)nc1Cl.NCc1cncc(F)c1.[CH3-].[Pd]. The third kappa shape index (κ3) is 14.0. The van der Waals surface area contributed by atoms with E-state index >= 15 is 0 Å². The minimum absolute atomic E-state index is 0. The molecule has 196 valence electrons. The Morgan fingerprint density at radius 2 is 1.34 bits per heavy atom. The van der Waals surface area contributed by atoms with Crippen molar-refractivity contribution in [1.29, 1.82) is 5.26 Å². The van der Waals surface area contributed by atoms with E-state index in [4.69, 9.17) is 63.1 Å². The van der Waals surface area contributed by atoms with Crippen LogP contribution in [-0.4, -0.2) is 15.0 Å². The molecule has 3 heterocycles. The van der Waals surface area contributed by atoms with E-state index in [1.54, 1.807) is 12.3 Å². The van der Waals surface area contributed by atoms with Gasteiger partial charge >= 0.3 is 0 Å². The molecule has 0 fully saturated rings. The van der Waals surface area contributed by atoms with Crippen molar-refractivity contribution in [3.05, 3.63) is 92.8 Å². The number of nitriles is 1. The van der Waals surface area contributed by atoms with Crippen molar-refractivity contribution in [1.82, 2.24) is 15.0 Å². The Hall–Kier alpha value is -1.53. The van der Waals surface area contributed by atoms with Gasteiger partial charge < -0.3 is 18.9 Å². The van der Waals surface area contributed by atoms with Crippen LogP contribution in [0.5, 0.6) is 0 Å². The molecule has 0 radical (unpaired) electrons. The standard InChI is InChI=1S/C6H5Cl2FN2.C6HCl2FN2.C6H7FN2.C2H6.CH3.Pd/c2*7-5-3(2-10)1-4(9)6(8)11-5;7-6-1-5(2-8)3-9-4-6;1-2;;/h1H,2,10H2;1H;1,3-4H,2,8H2;1-2H3;1H3;/q;;;;-1;. The smallest absolute Gasteiger partial charge is 0.166 e. The van der Waals surface area contributed by atoms with Gasteiger partial charge in [0.05, 0.1) is 11.8 Å². The molecule has 3 aromatic heterocycles. The maximum Gasteiger partial charge on any atom is 0.166 e. The van der Waals surface area contributed by atoms with Crippen molar-refractivity contribution in [2.45, 2.75) is 26.9 Å². The minimum atomic E-state index is -0.743. The molecule has 0 unspecified atom stereocenters. The zero-order chi connectivity index (χ0) is 25.6. The van der Waals surface area contributed by atoms with E-state index in [0.717, 1.165) is 17.8 Å². The molecule has 0 aliphatic rings. The summed E-state index contributed by atoms with van der Waals surface area (Å²) in [5, 5.41) is 7.86. The molecule has 3 aromatic rings. The quantitative estimate of drug-likeness (QED) is 0.183. The Kier molecular flexibility index (Phi) is 22.4. The average molecular weight is 664 g/mol. The van der Waals surface area contributed by atoms with Crippen LogP contribution >= 0.6 is 46.4 Å². The van der Waals surface area contributed by atoms with E-state index in [1.807, 2.05) is 13.8 Å². The second-order valence-electron chi connectivity index (χ2n) is 5.34. The van der Waals surface area contributed by atoms with Gasteiger partial charge in [0.1, 0.15) is 22.2 Å². The number of aromatic nitrogens is 3. The number of halogens is 7. The number of nitrogens with two attached hydrogens (primary N) is 2. The second kappa shape index (κ2) is 20.6. The van der Waals surface area contributed by atoms with Crippen molar-refractivity contribution < 1.29 is 33.6 Å². The first-order chi connectivity index (χ1) is 15.6. The van der Waals surface area contributed by atoms with Crippen LogP contribution in [0.2, 0.25) is 20.6 Å². The van der Waals surface area contributed by atoms with Gasteiger partial charge in [-0.25, -0.2) is 23.1 Å². The summed E-state index contributed by atoms with van der Waals surface area (Å²) in [6.45, 7) is 4.49. The Morgan fingerprint density at radius 3 is 1.77 bits per heavy atom. The maximum atomic E-state index is 12.6. The van der Waals surface area contributed by atoms with Crippen LogP contribution in [0.15, 0.2) is 30.6 Å². The summed E-state index contributed by atoms with van der Waals surface area (Å²) in [6.07, 6.45) is 2.70. The molecule has 6 nitrogen and oxygen atoms in total. The summed E-state index contributed by atoms with van der Waals surface area (Å²) in [5.41, 5.74) is 11.6.